The number of hydrogen-bond acceptors (Lipinski definition) is 7. The van der Waals surface area contributed by atoms with E-state index in [2.05, 4.69) is 21.7 Å². The van der Waals surface area contributed by atoms with E-state index in [0.29, 0.717) is 49.4 Å². The molecule has 0 aliphatic heterocycles. The smallest absolute Gasteiger partial charge is 0.407 e. The Morgan fingerprint density at radius 3 is 2.92 bits per heavy atom. The monoisotopic (exact) mass is 507 g/mol. The quantitative estimate of drug-likeness (QED) is 0.450. The Balaban J connectivity index is 1.33. The molecule has 1 atom stereocenters. The highest BCUT2D eigenvalue weighted by molar-refractivity contribution is 7.16. The van der Waals surface area contributed by atoms with Crippen LogP contribution in [0.1, 0.15) is 47.0 Å². The van der Waals surface area contributed by atoms with Gasteiger partial charge in [-0.3, -0.25) is 4.79 Å². The Bertz CT molecular complexity index is 1280. The van der Waals surface area contributed by atoms with Crippen LogP contribution in [0.3, 0.4) is 0 Å². The number of ether oxygens (including phenoxy) is 2. The van der Waals surface area contributed by atoms with Crippen LogP contribution in [0.25, 0.3) is 0 Å². The summed E-state index contributed by atoms with van der Waals surface area (Å²) in [4.78, 5) is 30.0. The van der Waals surface area contributed by atoms with E-state index in [1.807, 2.05) is 42.8 Å². The largest absolute Gasteiger partial charge is 0.494 e. The number of nitrogens with zero attached hydrogens (tertiary/aromatic N) is 3. The first kappa shape index (κ1) is 25.3. The molecule has 0 spiro atoms. The highest BCUT2D eigenvalue weighted by Crippen LogP contribution is 2.38. The molecule has 188 valence electrons. The fourth-order valence-electron chi connectivity index (χ4n) is 4.22. The van der Waals surface area contributed by atoms with E-state index in [-0.39, 0.29) is 18.4 Å². The SMILES string of the molecule is CCOc1ccccc1CCC(=O)Nc1sc2c(c1C#N)CCC(OC(=O)NCc1cncn1C)C2. The van der Waals surface area contributed by atoms with Crippen LogP contribution in [-0.2, 0) is 42.4 Å². The van der Waals surface area contributed by atoms with Crippen LogP contribution in [0.2, 0.25) is 0 Å². The number of alkyl carbamates (subject to hydrolysis) is 1. The van der Waals surface area contributed by atoms with E-state index >= 15 is 0 Å². The molecular weight excluding hydrogens is 478 g/mol. The van der Waals surface area contributed by atoms with Crippen LogP contribution in [0.4, 0.5) is 9.80 Å². The molecule has 1 aliphatic rings. The van der Waals surface area contributed by atoms with E-state index in [1.165, 1.54) is 11.3 Å². The number of carbonyl (C=O) groups excluding carboxylic acids is 2. The molecule has 1 aromatic carbocycles. The van der Waals surface area contributed by atoms with Crippen molar-refractivity contribution in [3.8, 4) is 11.8 Å². The second-order valence-electron chi connectivity index (χ2n) is 8.53. The van der Waals surface area contributed by atoms with Gasteiger partial charge in [-0.05, 0) is 43.4 Å². The van der Waals surface area contributed by atoms with Gasteiger partial charge >= 0.3 is 6.09 Å². The van der Waals surface area contributed by atoms with Crippen molar-refractivity contribution in [2.24, 2.45) is 7.05 Å². The normalized spacial score (nSPS) is 14.4. The van der Waals surface area contributed by atoms with Crippen molar-refractivity contribution >= 4 is 28.3 Å². The first-order valence-corrected chi connectivity index (χ1v) is 12.7. The van der Waals surface area contributed by atoms with Gasteiger partial charge in [-0.15, -0.1) is 11.3 Å². The van der Waals surface area contributed by atoms with E-state index < -0.39 is 6.09 Å². The predicted molar refractivity (Wildman–Crippen MR) is 136 cm³/mol. The third-order valence-corrected chi connectivity index (χ3v) is 7.25. The second-order valence-corrected chi connectivity index (χ2v) is 9.63. The fourth-order valence-corrected chi connectivity index (χ4v) is 5.50. The first-order chi connectivity index (χ1) is 17.5. The van der Waals surface area contributed by atoms with E-state index in [4.69, 9.17) is 9.47 Å². The lowest BCUT2D eigenvalue weighted by atomic mass is 9.94. The zero-order valence-corrected chi connectivity index (χ0v) is 21.2. The summed E-state index contributed by atoms with van der Waals surface area (Å²) in [6, 6.07) is 9.94. The van der Waals surface area contributed by atoms with Crippen molar-refractivity contribution in [1.29, 1.82) is 5.26 Å². The van der Waals surface area contributed by atoms with Gasteiger partial charge in [-0.25, -0.2) is 9.78 Å². The van der Waals surface area contributed by atoms with Gasteiger partial charge < -0.3 is 24.7 Å². The molecule has 0 bridgehead atoms. The average Bonchev–Trinajstić information content (AvgIpc) is 3.43. The second kappa shape index (κ2) is 11.7. The Morgan fingerprint density at radius 1 is 1.33 bits per heavy atom. The van der Waals surface area contributed by atoms with Crippen LogP contribution in [0.15, 0.2) is 36.8 Å². The average molecular weight is 508 g/mol. The van der Waals surface area contributed by atoms with Gasteiger partial charge in [0.15, 0.2) is 0 Å². The van der Waals surface area contributed by atoms with E-state index in [9.17, 15) is 14.9 Å². The lowest BCUT2D eigenvalue weighted by Crippen LogP contribution is -2.32. The van der Waals surface area contributed by atoms with Gasteiger partial charge in [0.1, 0.15) is 22.9 Å². The minimum Gasteiger partial charge on any atom is -0.494 e. The number of thiophene rings is 1. The number of nitriles is 1. The summed E-state index contributed by atoms with van der Waals surface area (Å²) in [5, 5.41) is 16.0. The summed E-state index contributed by atoms with van der Waals surface area (Å²) in [6.45, 7) is 2.82. The summed E-state index contributed by atoms with van der Waals surface area (Å²) in [5.74, 6) is 0.631. The zero-order valence-electron chi connectivity index (χ0n) is 20.4. The van der Waals surface area contributed by atoms with Gasteiger partial charge in [0.05, 0.1) is 30.7 Å². The number of rotatable bonds is 9. The molecule has 4 rings (SSSR count). The molecule has 2 N–H and O–H groups in total. The van der Waals surface area contributed by atoms with Crippen LogP contribution in [0, 0.1) is 11.3 Å². The number of anilines is 1. The Morgan fingerprint density at radius 2 is 2.17 bits per heavy atom. The molecule has 2 heterocycles. The Kier molecular flexibility index (Phi) is 8.23. The molecule has 1 aliphatic carbocycles. The molecule has 0 saturated heterocycles. The van der Waals surface area contributed by atoms with Crippen LogP contribution >= 0.6 is 11.3 Å². The number of aromatic nitrogens is 2. The van der Waals surface area contributed by atoms with Gasteiger partial charge in [0.25, 0.3) is 0 Å². The third kappa shape index (κ3) is 6.04. The van der Waals surface area contributed by atoms with Gasteiger partial charge in [-0.1, -0.05) is 18.2 Å². The van der Waals surface area contributed by atoms with Gasteiger partial charge in [0.2, 0.25) is 5.91 Å². The highest BCUT2D eigenvalue weighted by Gasteiger charge is 2.28. The van der Waals surface area contributed by atoms with Gasteiger partial charge in [0, 0.05) is 31.0 Å². The number of hydrogen-bond donors (Lipinski definition) is 2. The van der Waals surface area contributed by atoms with E-state index in [0.717, 1.165) is 27.4 Å². The van der Waals surface area contributed by atoms with Crippen molar-refractivity contribution < 1.29 is 19.1 Å². The topological polar surface area (TPSA) is 118 Å². The molecule has 2 aromatic heterocycles. The Hall–Kier alpha value is -3.84. The highest BCUT2D eigenvalue weighted by atomic mass is 32.1. The minimum absolute atomic E-state index is 0.154. The maximum Gasteiger partial charge on any atom is 0.407 e. The summed E-state index contributed by atoms with van der Waals surface area (Å²) in [6.07, 6.45) is 5.17. The molecule has 1 unspecified atom stereocenters. The molecule has 2 amide bonds. The molecule has 10 heteroatoms. The van der Waals surface area contributed by atoms with Crippen molar-refractivity contribution in [3.05, 3.63) is 64.1 Å². The number of carbonyl (C=O) groups is 2. The first-order valence-electron chi connectivity index (χ1n) is 11.9. The zero-order chi connectivity index (χ0) is 25.5. The molecular formula is C26H29N5O4S. The lowest BCUT2D eigenvalue weighted by molar-refractivity contribution is -0.116. The minimum atomic E-state index is -0.484. The summed E-state index contributed by atoms with van der Waals surface area (Å²) < 4.78 is 13.1. The van der Waals surface area contributed by atoms with Crippen LogP contribution < -0.4 is 15.4 Å². The number of nitrogens with one attached hydrogen (secondary N) is 2. The van der Waals surface area contributed by atoms with Crippen molar-refractivity contribution in [3.63, 3.8) is 0 Å². The number of para-hydroxylation sites is 1. The van der Waals surface area contributed by atoms with Crippen molar-refractivity contribution in [2.75, 3.05) is 11.9 Å². The molecule has 0 fully saturated rings. The van der Waals surface area contributed by atoms with Gasteiger partial charge in [-0.2, -0.15) is 5.26 Å². The number of benzene rings is 1. The third-order valence-electron chi connectivity index (χ3n) is 6.08. The maximum absolute atomic E-state index is 12.7. The van der Waals surface area contributed by atoms with Crippen molar-refractivity contribution in [1.82, 2.24) is 14.9 Å². The molecule has 36 heavy (non-hydrogen) atoms. The maximum atomic E-state index is 12.7. The summed E-state index contributed by atoms with van der Waals surface area (Å²) in [7, 11) is 1.86. The van der Waals surface area contributed by atoms with Crippen LogP contribution in [-0.4, -0.2) is 34.3 Å². The molecule has 3 aromatic rings. The number of amides is 2. The van der Waals surface area contributed by atoms with E-state index in [1.54, 1.807) is 12.5 Å². The number of aryl methyl sites for hydroxylation is 2. The predicted octanol–water partition coefficient (Wildman–Crippen LogP) is 4.11. The summed E-state index contributed by atoms with van der Waals surface area (Å²) in [5.41, 5.74) is 3.30. The van der Waals surface area contributed by atoms with Crippen molar-refractivity contribution in [2.45, 2.75) is 51.7 Å². The number of fused-ring (bicyclic) bond motifs is 1. The lowest BCUT2D eigenvalue weighted by Gasteiger charge is -2.22. The number of imidazole rings is 1. The van der Waals surface area contributed by atoms with Crippen LogP contribution in [0.5, 0.6) is 5.75 Å². The molecule has 9 nitrogen and oxygen atoms in total. The standard InChI is InChI=1S/C26H29N5O4S/c1-3-34-22-7-5-4-6-17(22)8-11-24(32)30-25-21(13-27)20-10-9-19(12-23(20)36-25)35-26(33)29-15-18-14-28-16-31(18)2/h4-7,14,16,19H,3,8-12,15H2,1-2H3,(H,29,33)(H,30,32). The Labute approximate surface area is 214 Å². The molecule has 0 saturated carbocycles. The summed E-state index contributed by atoms with van der Waals surface area (Å²) >= 11 is 1.39. The fraction of sp³-hybridized carbons (Fsp3) is 0.385. The molecule has 0 radical (unpaired) electrons.